The predicted molar refractivity (Wildman–Crippen MR) is 213 cm³/mol. The molecule has 0 fully saturated rings. The second-order valence-corrected chi connectivity index (χ2v) is 14.2. The second-order valence-electron chi connectivity index (χ2n) is 14.2. The molecule has 2 heterocycles. The minimum Gasteiger partial charge on any atom is -0.453 e. The van der Waals surface area contributed by atoms with Crippen molar-refractivity contribution in [1.29, 1.82) is 0 Å². The van der Waals surface area contributed by atoms with Crippen molar-refractivity contribution in [3.63, 3.8) is 0 Å². The number of hydrogen-bond acceptors (Lipinski definition) is 3. The van der Waals surface area contributed by atoms with Gasteiger partial charge in [0.25, 0.3) is 0 Å². The summed E-state index contributed by atoms with van der Waals surface area (Å²) >= 11 is 0. The van der Waals surface area contributed by atoms with E-state index < -0.39 is 0 Å². The second kappa shape index (κ2) is 11.1. The molecule has 0 N–H and O–H groups in total. The first-order valence-corrected chi connectivity index (χ1v) is 17.7. The summed E-state index contributed by atoms with van der Waals surface area (Å²) < 4.78 is 6.61. The van der Waals surface area contributed by atoms with E-state index in [2.05, 4.69) is 194 Å². The van der Waals surface area contributed by atoms with Crippen LogP contribution in [0.1, 0.15) is 30.5 Å². The van der Waals surface area contributed by atoms with E-state index >= 15 is 0 Å². The van der Waals surface area contributed by atoms with Gasteiger partial charge in [-0.15, -0.1) is 0 Å². The van der Waals surface area contributed by atoms with Crippen molar-refractivity contribution in [2.45, 2.75) is 26.2 Å². The molecule has 0 atom stereocenters. The van der Waals surface area contributed by atoms with E-state index in [0.717, 1.165) is 39.9 Å². The smallest absolute Gasteiger partial charge is 0.151 e. The monoisotopic (exact) mass is 656 g/mol. The Labute approximate surface area is 298 Å². The molecule has 8 aromatic rings. The Morgan fingerprint density at radius 2 is 1.18 bits per heavy atom. The van der Waals surface area contributed by atoms with Gasteiger partial charge in [-0.2, -0.15) is 0 Å². The van der Waals surface area contributed by atoms with Crippen molar-refractivity contribution in [2.24, 2.45) is 0 Å². The lowest BCUT2D eigenvalue weighted by atomic mass is 9.72. The van der Waals surface area contributed by atoms with Crippen molar-refractivity contribution in [2.75, 3.05) is 9.80 Å². The van der Waals surface area contributed by atoms with Gasteiger partial charge in [-0.3, -0.25) is 0 Å². The molecule has 0 bridgehead atoms. The van der Waals surface area contributed by atoms with Crippen molar-refractivity contribution in [1.82, 2.24) is 0 Å². The summed E-state index contributed by atoms with van der Waals surface area (Å²) in [7, 11) is 0. The van der Waals surface area contributed by atoms with Gasteiger partial charge in [0.2, 0.25) is 0 Å². The fraction of sp³-hybridized carbons (Fsp3) is 0.0833. The first-order valence-electron chi connectivity index (χ1n) is 17.7. The van der Waals surface area contributed by atoms with Gasteiger partial charge in [0.05, 0.1) is 28.4 Å². The van der Waals surface area contributed by atoms with Crippen LogP contribution in [-0.2, 0) is 5.41 Å². The minimum atomic E-state index is -0.355. The van der Waals surface area contributed by atoms with Crippen LogP contribution in [0.15, 0.2) is 164 Å². The molecule has 51 heavy (non-hydrogen) atoms. The molecule has 0 aliphatic carbocycles. The summed E-state index contributed by atoms with van der Waals surface area (Å²) in [5, 5.41) is 4.93. The highest BCUT2D eigenvalue weighted by atomic mass is 16.5. The van der Waals surface area contributed by atoms with Gasteiger partial charge in [-0.05, 0) is 87.8 Å². The normalized spacial score (nSPS) is 13.7. The first kappa shape index (κ1) is 29.6. The molecule has 3 nitrogen and oxygen atoms in total. The lowest BCUT2D eigenvalue weighted by molar-refractivity contribution is 0.471. The highest BCUT2D eigenvalue weighted by Gasteiger charge is 2.44. The third kappa shape index (κ3) is 4.38. The molecule has 2 aliphatic rings. The molecule has 0 aromatic heterocycles. The van der Waals surface area contributed by atoms with Crippen LogP contribution >= 0.6 is 0 Å². The van der Waals surface area contributed by atoms with Gasteiger partial charge >= 0.3 is 0 Å². The van der Waals surface area contributed by atoms with Crippen LogP contribution in [-0.4, -0.2) is 0 Å². The number of fused-ring (bicyclic) bond motifs is 7. The van der Waals surface area contributed by atoms with Crippen LogP contribution in [0.25, 0.3) is 32.7 Å². The van der Waals surface area contributed by atoms with Gasteiger partial charge in [0.15, 0.2) is 11.5 Å². The van der Waals surface area contributed by atoms with Crippen molar-refractivity contribution >= 4 is 55.7 Å². The number of para-hydroxylation sites is 2. The molecule has 0 spiro atoms. The van der Waals surface area contributed by atoms with E-state index in [4.69, 9.17) is 4.74 Å². The molecule has 2 aliphatic heterocycles. The zero-order valence-corrected chi connectivity index (χ0v) is 28.9. The zero-order valence-electron chi connectivity index (χ0n) is 28.9. The number of benzene rings is 8. The Morgan fingerprint density at radius 3 is 1.98 bits per heavy atom. The van der Waals surface area contributed by atoms with E-state index in [0.29, 0.717) is 0 Å². The molecule has 0 unspecified atom stereocenters. The maximum Gasteiger partial charge on any atom is 0.151 e. The third-order valence-electron chi connectivity index (χ3n) is 10.9. The minimum absolute atomic E-state index is 0.355. The van der Waals surface area contributed by atoms with Crippen LogP contribution in [0.5, 0.6) is 11.5 Å². The van der Waals surface area contributed by atoms with Crippen LogP contribution < -0.4 is 14.5 Å². The summed E-state index contributed by atoms with van der Waals surface area (Å²) in [4.78, 5) is 4.95. The Morgan fingerprint density at radius 1 is 0.529 bits per heavy atom. The summed E-state index contributed by atoms with van der Waals surface area (Å²) in [6, 6.07) is 59.3. The van der Waals surface area contributed by atoms with Crippen molar-refractivity contribution in [3.05, 3.63) is 180 Å². The molecule has 8 aromatic carbocycles. The molecule has 0 radical (unpaired) electrons. The standard InChI is InChI=1S/C48H36N2O/c1-31-14-11-24-43-46(31)50-41-23-13-22-40(45(41)48(2,3)39-21-12-25-44(51-43)47(39)50)49(35-28-26-33(27-29-35)32-15-5-4-6-16-32)42-30-34-17-7-8-18-36(34)37-19-9-10-20-38(37)42/h4-30H,1-3H3. The summed E-state index contributed by atoms with van der Waals surface area (Å²) in [5.41, 5.74) is 12.6. The molecular formula is C48H36N2O. The van der Waals surface area contributed by atoms with Crippen molar-refractivity contribution < 1.29 is 4.74 Å². The Hall–Kier alpha value is -6.32. The zero-order chi connectivity index (χ0) is 34.3. The molecule has 10 rings (SSSR count). The van der Waals surface area contributed by atoms with Crippen LogP contribution in [0.4, 0.5) is 34.1 Å². The molecule has 0 saturated heterocycles. The largest absolute Gasteiger partial charge is 0.453 e. The number of ether oxygens (including phenoxy) is 1. The Kier molecular flexibility index (Phi) is 6.44. The van der Waals surface area contributed by atoms with Crippen LogP contribution in [0.2, 0.25) is 0 Å². The molecule has 244 valence electrons. The van der Waals surface area contributed by atoms with E-state index in [9.17, 15) is 0 Å². The van der Waals surface area contributed by atoms with Gasteiger partial charge in [-0.1, -0.05) is 135 Å². The summed E-state index contributed by atoms with van der Waals surface area (Å²) in [5.74, 6) is 1.77. The fourth-order valence-electron chi connectivity index (χ4n) is 8.55. The summed E-state index contributed by atoms with van der Waals surface area (Å²) in [6.45, 7) is 6.91. The van der Waals surface area contributed by atoms with E-state index in [1.54, 1.807) is 0 Å². The Bertz CT molecular complexity index is 2660. The SMILES string of the molecule is Cc1cccc2c1N1c3cccc(N(c4ccc(-c5ccccc5)cc4)c4cc5ccccc5c5ccccc45)c3C(C)(C)c3cccc(c31)O2. The van der Waals surface area contributed by atoms with E-state index in [-0.39, 0.29) is 5.41 Å². The number of aryl methyl sites for hydroxylation is 1. The lowest BCUT2D eigenvalue weighted by Crippen LogP contribution is -2.34. The lowest BCUT2D eigenvalue weighted by Gasteiger charge is -2.47. The van der Waals surface area contributed by atoms with Crippen LogP contribution in [0.3, 0.4) is 0 Å². The van der Waals surface area contributed by atoms with Gasteiger partial charge in [0.1, 0.15) is 0 Å². The number of rotatable bonds is 4. The topological polar surface area (TPSA) is 15.7 Å². The van der Waals surface area contributed by atoms with Gasteiger partial charge < -0.3 is 14.5 Å². The Balaban J connectivity index is 1.29. The third-order valence-corrected chi connectivity index (χ3v) is 10.9. The van der Waals surface area contributed by atoms with Gasteiger partial charge in [-0.25, -0.2) is 0 Å². The highest BCUT2D eigenvalue weighted by molar-refractivity contribution is 6.15. The molecular weight excluding hydrogens is 621 g/mol. The van der Waals surface area contributed by atoms with E-state index in [1.165, 1.54) is 55.0 Å². The maximum absolute atomic E-state index is 6.61. The number of nitrogens with zero attached hydrogens (tertiary/aromatic N) is 2. The predicted octanol–water partition coefficient (Wildman–Crippen LogP) is 13.7. The van der Waals surface area contributed by atoms with E-state index in [1.807, 2.05) is 0 Å². The fourth-order valence-corrected chi connectivity index (χ4v) is 8.55. The molecule has 0 amide bonds. The molecule has 0 saturated carbocycles. The quantitative estimate of drug-likeness (QED) is 0.175. The average molecular weight is 657 g/mol. The maximum atomic E-state index is 6.61. The molecule has 3 heteroatoms. The van der Waals surface area contributed by atoms with Gasteiger partial charge in [0, 0.05) is 22.1 Å². The van der Waals surface area contributed by atoms with Crippen LogP contribution in [0, 0.1) is 6.92 Å². The first-order chi connectivity index (χ1) is 25.0. The number of anilines is 6. The summed E-state index contributed by atoms with van der Waals surface area (Å²) in [6.07, 6.45) is 0. The van der Waals surface area contributed by atoms with Crippen molar-refractivity contribution in [3.8, 4) is 22.6 Å². The highest BCUT2D eigenvalue weighted by Crippen LogP contribution is 2.62. The average Bonchev–Trinajstić information content (AvgIpc) is 3.17. The number of hydrogen-bond donors (Lipinski definition) is 0.